The molecule has 1 aliphatic heterocycles. The smallest absolute Gasteiger partial charge is 0.407 e. The zero-order valence-corrected chi connectivity index (χ0v) is 14.8. The predicted molar refractivity (Wildman–Crippen MR) is 86.8 cm³/mol. The fourth-order valence-electron chi connectivity index (χ4n) is 3.57. The highest BCUT2D eigenvalue weighted by Crippen LogP contribution is 2.39. The molecule has 5 unspecified atom stereocenters. The van der Waals surface area contributed by atoms with Gasteiger partial charge >= 0.3 is 6.09 Å². The average Bonchev–Trinajstić information content (AvgIpc) is 2.79. The molecule has 1 aliphatic carbocycles. The highest BCUT2D eigenvalue weighted by molar-refractivity contribution is 5.68. The van der Waals surface area contributed by atoms with E-state index in [4.69, 9.17) is 9.47 Å². The lowest BCUT2D eigenvalue weighted by atomic mass is 9.71. The first kappa shape index (κ1) is 17.5. The van der Waals surface area contributed by atoms with Crippen LogP contribution in [0.3, 0.4) is 0 Å². The van der Waals surface area contributed by atoms with Crippen LogP contribution in [0.15, 0.2) is 0 Å². The molecule has 22 heavy (non-hydrogen) atoms. The van der Waals surface area contributed by atoms with E-state index in [1.54, 1.807) is 0 Å². The second-order valence-corrected chi connectivity index (χ2v) is 7.91. The maximum absolute atomic E-state index is 12.1. The molecule has 0 aromatic rings. The third-order valence-corrected chi connectivity index (χ3v) is 4.72. The molecule has 2 rings (SSSR count). The highest BCUT2D eigenvalue weighted by atomic mass is 16.6. The fourth-order valence-corrected chi connectivity index (χ4v) is 3.57. The summed E-state index contributed by atoms with van der Waals surface area (Å²) in [5.74, 6) is 0.974. The summed E-state index contributed by atoms with van der Waals surface area (Å²) >= 11 is 0. The van der Waals surface area contributed by atoms with Crippen LogP contribution in [0.4, 0.5) is 4.79 Å². The van der Waals surface area contributed by atoms with Gasteiger partial charge in [-0.15, -0.1) is 0 Å². The van der Waals surface area contributed by atoms with Crippen molar-refractivity contribution in [2.24, 2.45) is 11.8 Å². The maximum atomic E-state index is 12.1. The number of hydrogen-bond donors (Lipinski definition) is 2. The second kappa shape index (κ2) is 6.75. The molecule has 2 aliphatic rings. The Kier molecular flexibility index (Phi) is 5.38. The Morgan fingerprint density at radius 3 is 2.55 bits per heavy atom. The van der Waals surface area contributed by atoms with Crippen molar-refractivity contribution in [1.29, 1.82) is 0 Å². The molecule has 0 aromatic carbocycles. The zero-order chi connectivity index (χ0) is 16.5. The number of hydrogen-bond acceptors (Lipinski definition) is 4. The van der Waals surface area contributed by atoms with E-state index in [2.05, 4.69) is 31.4 Å². The van der Waals surface area contributed by atoms with Crippen LogP contribution < -0.4 is 10.6 Å². The monoisotopic (exact) mass is 312 g/mol. The van der Waals surface area contributed by atoms with Crippen LogP contribution in [-0.2, 0) is 9.47 Å². The summed E-state index contributed by atoms with van der Waals surface area (Å²) in [5, 5.41) is 6.76. The van der Waals surface area contributed by atoms with E-state index in [0.717, 1.165) is 19.4 Å². The lowest BCUT2D eigenvalue weighted by molar-refractivity contribution is -0.0396. The molecule has 2 N–H and O–H groups in total. The number of rotatable bonds is 5. The first-order valence-electron chi connectivity index (χ1n) is 8.60. The van der Waals surface area contributed by atoms with Gasteiger partial charge in [0.25, 0.3) is 0 Å². The minimum absolute atomic E-state index is 0.107. The molecule has 1 saturated carbocycles. The van der Waals surface area contributed by atoms with Crippen molar-refractivity contribution in [2.75, 3.05) is 6.61 Å². The Morgan fingerprint density at radius 2 is 2.00 bits per heavy atom. The van der Waals surface area contributed by atoms with E-state index >= 15 is 0 Å². The van der Waals surface area contributed by atoms with Crippen molar-refractivity contribution in [2.45, 2.75) is 84.2 Å². The summed E-state index contributed by atoms with van der Waals surface area (Å²) in [6.07, 6.45) is 1.99. The number of carbonyl (C=O) groups excluding carboxylic acids is 1. The first-order chi connectivity index (χ1) is 10.2. The third kappa shape index (κ3) is 3.93. The summed E-state index contributed by atoms with van der Waals surface area (Å²) in [6.45, 7) is 13.1. The molecule has 1 saturated heterocycles. The minimum atomic E-state index is -0.466. The Bertz CT molecular complexity index is 392. The van der Waals surface area contributed by atoms with E-state index < -0.39 is 5.60 Å². The SMILES string of the molecule is CCC(NC1C(NC(=O)OC(C)(C)C)C2CCOC21)C(C)C. The molecule has 0 aromatic heterocycles. The van der Waals surface area contributed by atoms with Gasteiger partial charge in [-0.25, -0.2) is 4.79 Å². The molecule has 5 atom stereocenters. The van der Waals surface area contributed by atoms with Gasteiger partial charge in [0.1, 0.15) is 5.60 Å². The van der Waals surface area contributed by atoms with Gasteiger partial charge in [0.2, 0.25) is 0 Å². The van der Waals surface area contributed by atoms with E-state index in [-0.39, 0.29) is 24.3 Å². The van der Waals surface area contributed by atoms with Gasteiger partial charge in [-0.05, 0) is 39.5 Å². The van der Waals surface area contributed by atoms with Gasteiger partial charge in [0.15, 0.2) is 0 Å². The second-order valence-electron chi connectivity index (χ2n) is 7.91. The maximum Gasteiger partial charge on any atom is 0.407 e. The lowest BCUT2D eigenvalue weighted by Crippen LogP contribution is -2.71. The Balaban J connectivity index is 1.97. The van der Waals surface area contributed by atoms with Gasteiger partial charge in [-0.2, -0.15) is 0 Å². The van der Waals surface area contributed by atoms with Crippen molar-refractivity contribution in [3.8, 4) is 0 Å². The lowest BCUT2D eigenvalue weighted by Gasteiger charge is -2.49. The van der Waals surface area contributed by atoms with Gasteiger partial charge in [0, 0.05) is 18.6 Å². The highest BCUT2D eigenvalue weighted by Gasteiger charge is 2.55. The topological polar surface area (TPSA) is 59.6 Å². The number of carbonyl (C=O) groups is 1. The molecule has 5 heteroatoms. The van der Waals surface area contributed by atoms with Gasteiger partial charge in [-0.3, -0.25) is 0 Å². The number of fused-ring (bicyclic) bond motifs is 1. The standard InChI is InChI=1S/C17H32N2O3/c1-7-12(10(2)3)18-14-13(11-8-9-21-15(11)14)19-16(20)22-17(4,5)6/h10-15,18H,7-9H2,1-6H3,(H,19,20). The molecule has 1 heterocycles. The Morgan fingerprint density at radius 1 is 1.32 bits per heavy atom. The van der Waals surface area contributed by atoms with E-state index in [1.165, 1.54) is 0 Å². The summed E-state index contributed by atoms with van der Waals surface area (Å²) < 4.78 is 11.2. The summed E-state index contributed by atoms with van der Waals surface area (Å²) in [5.41, 5.74) is -0.466. The van der Waals surface area contributed by atoms with Gasteiger partial charge in [0.05, 0.1) is 18.2 Å². The van der Waals surface area contributed by atoms with Crippen molar-refractivity contribution in [3.05, 3.63) is 0 Å². The minimum Gasteiger partial charge on any atom is -0.444 e. The Labute approximate surface area is 134 Å². The Hall–Kier alpha value is -0.810. The van der Waals surface area contributed by atoms with E-state index in [0.29, 0.717) is 17.9 Å². The van der Waals surface area contributed by atoms with Crippen LogP contribution in [-0.4, -0.2) is 42.5 Å². The summed E-state index contributed by atoms with van der Waals surface area (Å²) in [7, 11) is 0. The molecule has 5 nitrogen and oxygen atoms in total. The molecular weight excluding hydrogens is 280 g/mol. The third-order valence-electron chi connectivity index (χ3n) is 4.72. The van der Waals surface area contributed by atoms with E-state index in [1.807, 2.05) is 20.8 Å². The van der Waals surface area contributed by atoms with Gasteiger partial charge < -0.3 is 20.1 Å². The van der Waals surface area contributed by atoms with Crippen LogP contribution >= 0.6 is 0 Å². The van der Waals surface area contributed by atoms with E-state index in [9.17, 15) is 4.79 Å². The van der Waals surface area contributed by atoms with Crippen molar-refractivity contribution in [1.82, 2.24) is 10.6 Å². The van der Waals surface area contributed by atoms with Crippen molar-refractivity contribution >= 4 is 6.09 Å². The van der Waals surface area contributed by atoms with Crippen LogP contribution in [0, 0.1) is 11.8 Å². The molecule has 128 valence electrons. The van der Waals surface area contributed by atoms with Crippen molar-refractivity contribution < 1.29 is 14.3 Å². The number of alkyl carbamates (subject to hydrolysis) is 1. The predicted octanol–water partition coefficient (Wildman–Crippen LogP) is 2.69. The quantitative estimate of drug-likeness (QED) is 0.819. The molecule has 0 bridgehead atoms. The molecule has 0 spiro atoms. The van der Waals surface area contributed by atoms with Crippen LogP contribution in [0.25, 0.3) is 0 Å². The number of nitrogens with one attached hydrogen (secondary N) is 2. The largest absolute Gasteiger partial charge is 0.444 e. The van der Waals surface area contributed by atoms with Crippen LogP contribution in [0.2, 0.25) is 0 Å². The van der Waals surface area contributed by atoms with Gasteiger partial charge in [-0.1, -0.05) is 20.8 Å². The summed E-state index contributed by atoms with van der Waals surface area (Å²) in [4.78, 5) is 12.1. The molecule has 2 fully saturated rings. The van der Waals surface area contributed by atoms with Crippen molar-refractivity contribution in [3.63, 3.8) is 0 Å². The van der Waals surface area contributed by atoms with Crippen LogP contribution in [0.5, 0.6) is 0 Å². The fraction of sp³-hybridized carbons (Fsp3) is 0.941. The average molecular weight is 312 g/mol. The molecule has 1 amide bonds. The first-order valence-corrected chi connectivity index (χ1v) is 8.60. The normalized spacial score (nSPS) is 32.3. The summed E-state index contributed by atoms with van der Waals surface area (Å²) in [6, 6.07) is 0.737. The van der Waals surface area contributed by atoms with Crippen LogP contribution in [0.1, 0.15) is 54.4 Å². The zero-order valence-electron chi connectivity index (χ0n) is 14.8. The number of amides is 1. The number of ether oxygens (including phenoxy) is 2. The molecular formula is C17H32N2O3. The molecule has 0 radical (unpaired) electrons.